The second-order valence-corrected chi connectivity index (χ2v) is 3.57. The quantitative estimate of drug-likeness (QED) is 0.556. The van der Waals surface area contributed by atoms with E-state index in [9.17, 15) is 4.79 Å². The average Bonchev–Trinajstić information content (AvgIpc) is 1.84. The molecule has 0 saturated heterocycles. The summed E-state index contributed by atoms with van der Waals surface area (Å²) in [6.45, 7) is 9.32. The van der Waals surface area contributed by atoms with E-state index in [2.05, 4.69) is 5.73 Å². The van der Waals surface area contributed by atoms with Gasteiger partial charge in [-0.1, -0.05) is 0 Å². The van der Waals surface area contributed by atoms with Crippen LogP contribution in [0.25, 0.3) is 0 Å². The maximum absolute atomic E-state index is 11.0. The maximum Gasteiger partial charge on any atom is 0.139 e. The van der Waals surface area contributed by atoms with Gasteiger partial charge < -0.3 is 0 Å². The van der Waals surface area contributed by atoms with Gasteiger partial charge in [-0.3, -0.25) is 4.79 Å². The van der Waals surface area contributed by atoms with E-state index < -0.39 is 0 Å². The molecule has 0 aromatic rings. The smallest absolute Gasteiger partial charge is 0.139 e. The molecule has 1 heteroatoms. The average molecular weight is 152 g/mol. The molecule has 0 spiro atoms. The zero-order chi connectivity index (χ0) is 9.07. The van der Waals surface area contributed by atoms with E-state index >= 15 is 0 Å². The molecule has 0 atom stereocenters. The fraction of sp³-hybridized carbons (Fsp3) is 0.600. The van der Waals surface area contributed by atoms with Crippen molar-refractivity contribution in [2.75, 3.05) is 0 Å². The Labute approximate surface area is 68.8 Å². The van der Waals surface area contributed by atoms with Crippen LogP contribution in [0.2, 0.25) is 0 Å². The Morgan fingerprint density at radius 3 is 2.00 bits per heavy atom. The Kier molecular flexibility index (Phi) is 3.28. The van der Waals surface area contributed by atoms with Crippen molar-refractivity contribution in [1.29, 1.82) is 0 Å². The summed E-state index contributed by atoms with van der Waals surface area (Å²) in [6, 6.07) is 0. The number of hydrogen-bond donors (Lipinski definition) is 0. The van der Waals surface area contributed by atoms with E-state index in [1.165, 1.54) is 0 Å². The molecule has 0 aliphatic heterocycles. The van der Waals surface area contributed by atoms with Crippen LogP contribution in [0, 0.1) is 5.41 Å². The van der Waals surface area contributed by atoms with Gasteiger partial charge in [0.2, 0.25) is 0 Å². The summed E-state index contributed by atoms with van der Waals surface area (Å²) in [5.74, 6) is 0.172. The molecule has 0 heterocycles. The molecule has 0 aliphatic carbocycles. The lowest BCUT2D eigenvalue weighted by Gasteiger charge is -2.13. The summed E-state index contributed by atoms with van der Waals surface area (Å²) in [5, 5.41) is 0. The van der Waals surface area contributed by atoms with Crippen molar-refractivity contribution in [2.45, 2.75) is 34.6 Å². The van der Waals surface area contributed by atoms with Crippen LogP contribution >= 0.6 is 0 Å². The highest BCUT2D eigenvalue weighted by Gasteiger charge is 2.18. The maximum atomic E-state index is 11.0. The number of hydrogen-bond acceptors (Lipinski definition) is 1. The third-order valence-electron chi connectivity index (χ3n) is 1.63. The number of carbonyl (C=O) groups excluding carboxylic acids is 1. The summed E-state index contributed by atoms with van der Waals surface area (Å²) in [7, 11) is 0. The van der Waals surface area contributed by atoms with Gasteiger partial charge in [-0.15, -0.1) is 5.73 Å². The first-order valence-corrected chi connectivity index (χ1v) is 3.78. The molecule has 62 valence electrons. The zero-order valence-corrected chi connectivity index (χ0v) is 7.99. The van der Waals surface area contributed by atoms with Crippen molar-refractivity contribution < 1.29 is 4.79 Å². The molecule has 0 unspecified atom stereocenters. The van der Waals surface area contributed by atoms with Gasteiger partial charge in [0.25, 0.3) is 0 Å². The van der Waals surface area contributed by atoms with E-state index in [0.29, 0.717) is 0 Å². The number of carbonyl (C=O) groups is 1. The van der Waals surface area contributed by atoms with Crippen LogP contribution in [0.5, 0.6) is 0 Å². The first kappa shape index (κ1) is 10.2. The van der Waals surface area contributed by atoms with Gasteiger partial charge in [-0.05, 0) is 46.3 Å². The van der Waals surface area contributed by atoms with E-state index in [1.54, 1.807) is 6.92 Å². The van der Waals surface area contributed by atoms with E-state index in [1.807, 2.05) is 33.8 Å². The molecule has 0 aliphatic rings. The predicted molar refractivity (Wildman–Crippen MR) is 47.4 cm³/mol. The summed E-state index contributed by atoms with van der Waals surface area (Å²) in [4.78, 5) is 11.0. The molecule has 0 aromatic heterocycles. The van der Waals surface area contributed by atoms with E-state index in [4.69, 9.17) is 0 Å². The molecule has 0 rings (SSSR count). The molecule has 0 bridgehead atoms. The van der Waals surface area contributed by atoms with Gasteiger partial charge in [0.1, 0.15) is 5.78 Å². The van der Waals surface area contributed by atoms with Crippen LogP contribution in [0.3, 0.4) is 0 Å². The summed E-state index contributed by atoms with van der Waals surface area (Å²) in [6.07, 6.45) is 1.82. The number of allylic oxidation sites excluding steroid dienone is 1. The molecule has 0 aromatic carbocycles. The molecule has 0 amide bonds. The van der Waals surface area contributed by atoms with Gasteiger partial charge >= 0.3 is 0 Å². The number of rotatable bonds is 2. The first-order valence-electron chi connectivity index (χ1n) is 3.78. The van der Waals surface area contributed by atoms with Gasteiger partial charge in [0, 0.05) is 5.41 Å². The Morgan fingerprint density at radius 1 is 1.27 bits per heavy atom. The van der Waals surface area contributed by atoms with Gasteiger partial charge in [0.05, 0.1) is 0 Å². The highest BCUT2D eigenvalue weighted by atomic mass is 16.1. The molecule has 1 nitrogen and oxygen atoms in total. The number of ketones is 1. The van der Waals surface area contributed by atoms with Crippen LogP contribution < -0.4 is 0 Å². The van der Waals surface area contributed by atoms with Crippen molar-refractivity contribution >= 4 is 5.78 Å². The summed E-state index contributed by atoms with van der Waals surface area (Å²) < 4.78 is 0. The lowest BCUT2D eigenvalue weighted by molar-refractivity contribution is -0.122. The molecule has 0 radical (unpaired) electrons. The van der Waals surface area contributed by atoms with E-state index in [-0.39, 0.29) is 11.2 Å². The molecule has 0 saturated carbocycles. The molecule has 0 N–H and O–H groups in total. The lowest BCUT2D eigenvalue weighted by atomic mass is 9.89. The third-order valence-corrected chi connectivity index (χ3v) is 1.63. The topological polar surface area (TPSA) is 17.1 Å². The van der Waals surface area contributed by atoms with Gasteiger partial charge in [0.15, 0.2) is 0 Å². The van der Waals surface area contributed by atoms with Gasteiger partial charge in [-0.25, -0.2) is 0 Å². The minimum Gasteiger partial charge on any atom is -0.299 e. The minimum atomic E-state index is -0.364. The molecule has 11 heavy (non-hydrogen) atoms. The highest BCUT2D eigenvalue weighted by molar-refractivity contribution is 5.83. The second-order valence-electron chi connectivity index (χ2n) is 3.57. The predicted octanol–water partition coefficient (Wildman–Crippen LogP) is 2.72. The normalized spacial score (nSPS) is 10.3. The molecular weight excluding hydrogens is 136 g/mol. The highest BCUT2D eigenvalue weighted by Crippen LogP contribution is 2.17. The molecular formula is C10H16O. The number of Topliss-reactive ketones (excluding diaryl/α,β-unsaturated/α-hetero) is 1. The Bertz CT molecular complexity index is 211. The SMILES string of the molecule is CC(=O)C(C)(C)C=C=C(C)C. The largest absolute Gasteiger partial charge is 0.299 e. The van der Waals surface area contributed by atoms with Crippen LogP contribution in [-0.4, -0.2) is 5.78 Å². The van der Waals surface area contributed by atoms with Crippen LogP contribution in [-0.2, 0) is 4.79 Å². The van der Waals surface area contributed by atoms with Crippen molar-refractivity contribution in [1.82, 2.24) is 0 Å². The second kappa shape index (κ2) is 3.54. The van der Waals surface area contributed by atoms with Crippen LogP contribution in [0.15, 0.2) is 17.4 Å². The van der Waals surface area contributed by atoms with Crippen molar-refractivity contribution in [3.05, 3.63) is 17.4 Å². The van der Waals surface area contributed by atoms with Crippen LogP contribution in [0.1, 0.15) is 34.6 Å². The molecule has 0 fully saturated rings. The fourth-order valence-electron chi connectivity index (χ4n) is 0.426. The first-order chi connectivity index (χ1) is 4.86. The van der Waals surface area contributed by atoms with Crippen molar-refractivity contribution in [3.63, 3.8) is 0 Å². The monoisotopic (exact) mass is 152 g/mol. The van der Waals surface area contributed by atoms with Crippen molar-refractivity contribution in [3.8, 4) is 0 Å². The Hall–Kier alpha value is -0.810. The summed E-state index contributed by atoms with van der Waals surface area (Å²) >= 11 is 0. The lowest BCUT2D eigenvalue weighted by Crippen LogP contribution is -2.17. The van der Waals surface area contributed by atoms with Crippen molar-refractivity contribution in [2.24, 2.45) is 5.41 Å². The zero-order valence-electron chi connectivity index (χ0n) is 7.99. The fourth-order valence-corrected chi connectivity index (χ4v) is 0.426. The van der Waals surface area contributed by atoms with E-state index in [0.717, 1.165) is 5.57 Å². The standard InChI is InChI=1S/C10H16O/c1-8(2)6-7-10(4,5)9(3)11/h7H,1-5H3. The van der Waals surface area contributed by atoms with Crippen LogP contribution in [0.4, 0.5) is 0 Å². The Morgan fingerprint density at radius 2 is 1.73 bits per heavy atom. The van der Waals surface area contributed by atoms with Gasteiger partial charge in [-0.2, -0.15) is 0 Å². The third kappa shape index (κ3) is 3.79. The Balaban J connectivity index is 4.62. The minimum absolute atomic E-state index is 0.172. The summed E-state index contributed by atoms with van der Waals surface area (Å²) in [5.41, 5.74) is 3.77.